The predicted molar refractivity (Wildman–Crippen MR) is 76.1 cm³/mol. The highest BCUT2D eigenvalue weighted by atomic mass is 15.3. The van der Waals surface area contributed by atoms with E-state index in [1.807, 2.05) is 12.3 Å². The third-order valence-corrected chi connectivity index (χ3v) is 3.37. The van der Waals surface area contributed by atoms with Crippen molar-refractivity contribution in [2.75, 3.05) is 29.9 Å². The van der Waals surface area contributed by atoms with E-state index in [2.05, 4.69) is 27.1 Å². The van der Waals surface area contributed by atoms with Crippen molar-refractivity contribution < 1.29 is 0 Å². The molecule has 0 atom stereocenters. The molecule has 1 N–H and O–H groups in total. The van der Waals surface area contributed by atoms with Crippen LogP contribution in [-0.4, -0.2) is 29.6 Å². The van der Waals surface area contributed by atoms with Gasteiger partial charge in [0, 0.05) is 25.8 Å². The lowest BCUT2D eigenvalue weighted by Crippen LogP contribution is -2.31. The Morgan fingerprint density at radius 1 is 1.22 bits per heavy atom. The number of piperidine rings is 1. The summed E-state index contributed by atoms with van der Waals surface area (Å²) < 4.78 is 0. The molecule has 1 saturated heterocycles. The monoisotopic (exact) mass is 248 g/mol. The Morgan fingerprint density at radius 2 is 2.06 bits per heavy atom. The van der Waals surface area contributed by atoms with Crippen molar-refractivity contribution >= 4 is 11.8 Å². The lowest BCUT2D eigenvalue weighted by Gasteiger charge is -2.26. The van der Waals surface area contributed by atoms with E-state index in [-0.39, 0.29) is 0 Å². The average Bonchev–Trinajstić information content (AvgIpc) is 2.45. The number of nitrogens with zero attached hydrogens (tertiary/aromatic N) is 3. The summed E-state index contributed by atoms with van der Waals surface area (Å²) in [5, 5.41) is 3.38. The second-order valence-corrected chi connectivity index (χ2v) is 4.92. The highest BCUT2D eigenvalue weighted by Gasteiger charge is 2.13. The van der Waals surface area contributed by atoms with E-state index in [4.69, 9.17) is 0 Å². The molecule has 0 saturated carbocycles. The molecule has 0 aromatic carbocycles. The molecule has 2 rings (SSSR count). The fourth-order valence-corrected chi connectivity index (χ4v) is 2.28. The first-order valence-electron chi connectivity index (χ1n) is 7.22. The van der Waals surface area contributed by atoms with Gasteiger partial charge in [0.1, 0.15) is 5.82 Å². The number of unbranched alkanes of at least 4 members (excludes halogenated alkanes) is 2. The zero-order valence-electron chi connectivity index (χ0n) is 11.4. The number of rotatable bonds is 6. The summed E-state index contributed by atoms with van der Waals surface area (Å²) in [6, 6.07) is 1.96. The molecular weight excluding hydrogens is 224 g/mol. The molecule has 0 aliphatic carbocycles. The Balaban J connectivity index is 1.88. The van der Waals surface area contributed by atoms with E-state index in [0.29, 0.717) is 0 Å². The van der Waals surface area contributed by atoms with Crippen LogP contribution < -0.4 is 10.2 Å². The Labute approximate surface area is 110 Å². The number of hydrogen-bond donors (Lipinski definition) is 1. The van der Waals surface area contributed by atoms with Gasteiger partial charge in [-0.25, -0.2) is 4.98 Å². The largest absolute Gasteiger partial charge is 0.370 e. The van der Waals surface area contributed by atoms with Crippen LogP contribution in [0.25, 0.3) is 0 Å². The van der Waals surface area contributed by atoms with Gasteiger partial charge in [-0.3, -0.25) is 0 Å². The maximum Gasteiger partial charge on any atom is 0.227 e. The molecule has 0 bridgehead atoms. The van der Waals surface area contributed by atoms with Crippen LogP contribution in [0.2, 0.25) is 0 Å². The first-order chi connectivity index (χ1) is 8.90. The van der Waals surface area contributed by atoms with Gasteiger partial charge in [-0.1, -0.05) is 19.8 Å². The summed E-state index contributed by atoms with van der Waals surface area (Å²) in [4.78, 5) is 11.3. The molecule has 1 aromatic rings. The topological polar surface area (TPSA) is 41.1 Å². The van der Waals surface area contributed by atoms with Crippen molar-refractivity contribution in [2.45, 2.75) is 45.4 Å². The highest BCUT2D eigenvalue weighted by molar-refractivity contribution is 5.41. The zero-order chi connectivity index (χ0) is 12.6. The van der Waals surface area contributed by atoms with E-state index in [0.717, 1.165) is 31.4 Å². The first kappa shape index (κ1) is 13.1. The second-order valence-electron chi connectivity index (χ2n) is 4.92. The molecule has 1 fully saturated rings. The third-order valence-electron chi connectivity index (χ3n) is 3.37. The average molecular weight is 248 g/mol. The lowest BCUT2D eigenvalue weighted by molar-refractivity contribution is 0.568. The summed E-state index contributed by atoms with van der Waals surface area (Å²) in [7, 11) is 0. The van der Waals surface area contributed by atoms with Gasteiger partial charge in [0.2, 0.25) is 5.95 Å². The number of nitrogens with one attached hydrogen (secondary N) is 1. The van der Waals surface area contributed by atoms with Gasteiger partial charge in [0.15, 0.2) is 0 Å². The van der Waals surface area contributed by atoms with Crippen LogP contribution in [0.3, 0.4) is 0 Å². The molecule has 0 spiro atoms. The molecule has 1 aliphatic heterocycles. The molecule has 100 valence electrons. The predicted octanol–water partition coefficient (Wildman–Crippen LogP) is 3.07. The van der Waals surface area contributed by atoms with Crippen LogP contribution in [0, 0.1) is 0 Å². The third kappa shape index (κ3) is 3.86. The van der Waals surface area contributed by atoms with Gasteiger partial charge in [0.25, 0.3) is 0 Å². The summed E-state index contributed by atoms with van der Waals surface area (Å²) in [5.41, 5.74) is 0. The fourth-order valence-electron chi connectivity index (χ4n) is 2.28. The van der Waals surface area contributed by atoms with Crippen LogP contribution in [0.15, 0.2) is 12.3 Å². The zero-order valence-corrected chi connectivity index (χ0v) is 11.4. The van der Waals surface area contributed by atoms with E-state index in [9.17, 15) is 0 Å². The molecule has 4 nitrogen and oxygen atoms in total. The minimum absolute atomic E-state index is 0.884. The molecular formula is C14H24N4. The Kier molecular flexibility index (Phi) is 5.24. The first-order valence-corrected chi connectivity index (χ1v) is 7.22. The SMILES string of the molecule is CCCCCNc1ccnc(N2CCCCC2)n1. The van der Waals surface area contributed by atoms with Crippen molar-refractivity contribution in [3.05, 3.63) is 12.3 Å². The van der Waals surface area contributed by atoms with Gasteiger partial charge < -0.3 is 10.2 Å². The fraction of sp³-hybridized carbons (Fsp3) is 0.714. The quantitative estimate of drug-likeness (QED) is 0.786. The van der Waals surface area contributed by atoms with Gasteiger partial charge in [0.05, 0.1) is 0 Å². The summed E-state index contributed by atoms with van der Waals surface area (Å²) in [6.07, 6.45) is 9.46. The molecule has 4 heteroatoms. The van der Waals surface area contributed by atoms with Crippen LogP contribution in [0.1, 0.15) is 45.4 Å². The Bertz CT molecular complexity index is 347. The van der Waals surface area contributed by atoms with Crippen molar-refractivity contribution in [1.29, 1.82) is 0 Å². The van der Waals surface area contributed by atoms with Gasteiger partial charge in [-0.2, -0.15) is 4.98 Å². The molecule has 0 amide bonds. The lowest BCUT2D eigenvalue weighted by atomic mass is 10.1. The Hall–Kier alpha value is -1.32. The minimum atomic E-state index is 0.884. The van der Waals surface area contributed by atoms with Crippen LogP contribution >= 0.6 is 0 Å². The van der Waals surface area contributed by atoms with Crippen molar-refractivity contribution in [1.82, 2.24) is 9.97 Å². The van der Waals surface area contributed by atoms with Crippen molar-refractivity contribution in [3.8, 4) is 0 Å². The van der Waals surface area contributed by atoms with Crippen molar-refractivity contribution in [2.24, 2.45) is 0 Å². The molecule has 18 heavy (non-hydrogen) atoms. The minimum Gasteiger partial charge on any atom is -0.370 e. The number of hydrogen-bond acceptors (Lipinski definition) is 4. The second kappa shape index (κ2) is 7.19. The standard InChI is InChI=1S/C14H24N4/c1-2-3-5-9-15-13-8-10-16-14(17-13)18-11-6-4-7-12-18/h8,10H,2-7,9,11-12H2,1H3,(H,15,16,17). The molecule has 0 unspecified atom stereocenters. The molecule has 1 aliphatic rings. The van der Waals surface area contributed by atoms with E-state index in [1.54, 1.807) is 0 Å². The maximum atomic E-state index is 4.60. The highest BCUT2D eigenvalue weighted by Crippen LogP contribution is 2.16. The number of aromatic nitrogens is 2. The van der Waals surface area contributed by atoms with E-state index < -0.39 is 0 Å². The van der Waals surface area contributed by atoms with Crippen LogP contribution in [0.5, 0.6) is 0 Å². The summed E-state index contributed by atoms with van der Waals surface area (Å²) in [5.74, 6) is 1.84. The Morgan fingerprint density at radius 3 is 2.83 bits per heavy atom. The van der Waals surface area contributed by atoms with Gasteiger partial charge >= 0.3 is 0 Å². The van der Waals surface area contributed by atoms with Crippen LogP contribution in [0.4, 0.5) is 11.8 Å². The van der Waals surface area contributed by atoms with E-state index in [1.165, 1.54) is 38.5 Å². The normalized spacial score (nSPS) is 15.7. The van der Waals surface area contributed by atoms with E-state index >= 15 is 0 Å². The maximum absolute atomic E-state index is 4.60. The summed E-state index contributed by atoms with van der Waals surface area (Å²) in [6.45, 7) is 5.42. The molecule has 0 radical (unpaired) electrons. The van der Waals surface area contributed by atoms with Gasteiger partial charge in [-0.05, 0) is 31.7 Å². The molecule has 2 heterocycles. The van der Waals surface area contributed by atoms with Crippen LogP contribution in [-0.2, 0) is 0 Å². The van der Waals surface area contributed by atoms with Crippen molar-refractivity contribution in [3.63, 3.8) is 0 Å². The summed E-state index contributed by atoms with van der Waals surface area (Å²) >= 11 is 0. The van der Waals surface area contributed by atoms with Gasteiger partial charge in [-0.15, -0.1) is 0 Å². The smallest absolute Gasteiger partial charge is 0.227 e. The number of anilines is 2. The molecule has 1 aromatic heterocycles.